The first-order valence-electron chi connectivity index (χ1n) is 9.52. The van der Waals surface area contributed by atoms with Crippen molar-refractivity contribution in [2.75, 3.05) is 6.26 Å². The summed E-state index contributed by atoms with van der Waals surface area (Å²) >= 11 is 8.22. The van der Waals surface area contributed by atoms with Crippen LogP contribution in [-0.4, -0.2) is 23.6 Å². The van der Waals surface area contributed by atoms with Crippen LogP contribution in [0.4, 0.5) is 0 Å². The van der Waals surface area contributed by atoms with Crippen LogP contribution >= 0.6 is 23.4 Å². The van der Waals surface area contributed by atoms with E-state index < -0.39 is 0 Å². The Morgan fingerprint density at radius 3 is 2.48 bits per heavy atom. The van der Waals surface area contributed by atoms with Gasteiger partial charge in [0.15, 0.2) is 0 Å². The van der Waals surface area contributed by atoms with Crippen molar-refractivity contribution in [3.05, 3.63) is 88.3 Å². The van der Waals surface area contributed by atoms with Gasteiger partial charge in [-0.15, -0.1) is 0 Å². The first-order chi connectivity index (χ1) is 14.0. The molecule has 1 N–H and O–H groups in total. The lowest BCUT2D eigenvalue weighted by Gasteiger charge is -2.17. The second kappa shape index (κ2) is 11.6. The number of nitrogens with one attached hydrogen (secondary N) is 1. The highest BCUT2D eigenvalue weighted by Crippen LogP contribution is 2.29. The molecular weight excluding hydrogens is 400 g/mol. The van der Waals surface area contributed by atoms with Crippen LogP contribution in [0.1, 0.15) is 43.1 Å². The summed E-state index contributed by atoms with van der Waals surface area (Å²) in [5, 5.41) is 3.71. The van der Waals surface area contributed by atoms with Gasteiger partial charge in [0.25, 0.3) is 5.91 Å². The summed E-state index contributed by atoms with van der Waals surface area (Å²) in [6, 6.07) is 7.59. The Hall–Kier alpha value is -2.30. The summed E-state index contributed by atoms with van der Waals surface area (Å²) in [5.41, 5.74) is 4.37. The molecule has 0 bridgehead atoms. The monoisotopic (exact) mass is 426 g/mol. The largest absolute Gasteiger partial charge is 0.325 e. The number of thioether (sulfide) groups is 1. The molecule has 5 heteroatoms. The Kier molecular flexibility index (Phi) is 9.23. The number of allylic oxidation sites excluding steroid dienone is 7. The minimum absolute atomic E-state index is 0.0951. The van der Waals surface area contributed by atoms with Crippen molar-refractivity contribution >= 4 is 41.1 Å². The summed E-state index contributed by atoms with van der Waals surface area (Å²) in [4.78, 5) is 17.2. The predicted molar refractivity (Wildman–Crippen MR) is 129 cm³/mol. The van der Waals surface area contributed by atoms with Gasteiger partial charge in [-0.1, -0.05) is 54.1 Å². The minimum atomic E-state index is -0.156. The number of amides is 1. The smallest absolute Gasteiger partial charge is 0.255 e. The van der Waals surface area contributed by atoms with Gasteiger partial charge < -0.3 is 5.32 Å². The number of aliphatic imine (C=N–C) groups is 1. The third-order valence-corrected chi connectivity index (χ3v) is 5.63. The van der Waals surface area contributed by atoms with E-state index in [2.05, 4.69) is 10.3 Å². The van der Waals surface area contributed by atoms with Crippen LogP contribution in [0.3, 0.4) is 0 Å². The van der Waals surface area contributed by atoms with Crippen LogP contribution in [0.5, 0.6) is 0 Å². The molecule has 1 aliphatic rings. The highest BCUT2D eigenvalue weighted by molar-refractivity contribution is 7.99. The quantitative estimate of drug-likeness (QED) is 0.416. The van der Waals surface area contributed by atoms with E-state index >= 15 is 0 Å². The number of hydrogen-bond acceptors (Lipinski definition) is 3. The first-order valence-corrected chi connectivity index (χ1v) is 11.2. The number of carbonyl (C=O) groups excluding carboxylic acids is 1. The summed E-state index contributed by atoms with van der Waals surface area (Å²) in [7, 11) is 0. The van der Waals surface area contributed by atoms with E-state index in [9.17, 15) is 4.79 Å². The number of carbonyl (C=O) groups is 1. The lowest BCUT2D eigenvalue weighted by molar-refractivity contribution is 0.0965. The molecule has 1 unspecified atom stereocenters. The van der Waals surface area contributed by atoms with E-state index in [1.807, 2.05) is 87.7 Å². The van der Waals surface area contributed by atoms with Crippen molar-refractivity contribution in [3.63, 3.8) is 0 Å². The molecule has 0 aliphatic heterocycles. The molecule has 1 aromatic rings. The van der Waals surface area contributed by atoms with Crippen LogP contribution < -0.4 is 5.32 Å². The van der Waals surface area contributed by atoms with E-state index in [4.69, 9.17) is 11.6 Å². The lowest BCUT2D eigenvalue weighted by Crippen LogP contribution is -2.23. The third kappa shape index (κ3) is 6.34. The molecular formula is C24H27ClN2OS. The van der Waals surface area contributed by atoms with Gasteiger partial charge in [-0.25, -0.2) is 0 Å². The SMILES string of the molecule is CC=N/C1=C(\Cl)C/C(NC(=O)c2ccc(C(/C=C\C)=C/C)cc2)=C\C=CC1SC. The molecule has 0 saturated carbocycles. The number of benzene rings is 1. The average Bonchev–Trinajstić information content (AvgIpc) is 2.72. The molecule has 0 fully saturated rings. The Balaban J connectivity index is 2.20. The van der Waals surface area contributed by atoms with Crippen molar-refractivity contribution < 1.29 is 4.79 Å². The highest BCUT2D eigenvalue weighted by atomic mass is 35.5. The van der Waals surface area contributed by atoms with Crippen LogP contribution in [0.2, 0.25) is 0 Å². The van der Waals surface area contributed by atoms with Gasteiger partial charge >= 0.3 is 0 Å². The van der Waals surface area contributed by atoms with E-state index in [1.165, 1.54) is 0 Å². The molecule has 0 heterocycles. The lowest BCUT2D eigenvalue weighted by atomic mass is 10.0. The van der Waals surface area contributed by atoms with Crippen LogP contribution in [0.25, 0.3) is 5.57 Å². The van der Waals surface area contributed by atoms with Crippen molar-refractivity contribution in [2.24, 2.45) is 4.99 Å². The predicted octanol–water partition coefficient (Wildman–Crippen LogP) is 6.51. The molecule has 0 aromatic heterocycles. The Morgan fingerprint density at radius 2 is 1.90 bits per heavy atom. The first kappa shape index (κ1) is 23.0. The number of hydrogen-bond donors (Lipinski definition) is 1. The number of nitrogens with zero attached hydrogens (tertiary/aromatic N) is 1. The van der Waals surface area contributed by atoms with Crippen LogP contribution in [-0.2, 0) is 0 Å². The molecule has 1 atom stereocenters. The zero-order valence-corrected chi connectivity index (χ0v) is 18.8. The van der Waals surface area contributed by atoms with Crippen LogP contribution in [0.15, 0.2) is 82.1 Å². The summed E-state index contributed by atoms with van der Waals surface area (Å²) in [6.45, 7) is 5.86. The molecule has 152 valence electrons. The normalized spacial score (nSPS) is 22.4. The fraction of sp³-hybridized carbons (Fsp3) is 0.250. The maximum atomic E-state index is 12.7. The standard InChI is InChI=1S/C24H27ClN2OS/c1-5-9-17(6-2)18-12-14-19(15-13-18)24(28)27-20-10-8-11-22(29-4)23(26-7-3)21(25)16-20/h5-15,22H,16H2,1-4H3,(H,27,28)/b9-5-,11-8?,17-6+,20-10+,23-21-,26-7?. The maximum Gasteiger partial charge on any atom is 0.255 e. The Morgan fingerprint density at radius 1 is 1.21 bits per heavy atom. The van der Waals surface area contributed by atoms with Gasteiger partial charge in [0.2, 0.25) is 0 Å². The molecule has 0 spiro atoms. The summed E-state index contributed by atoms with van der Waals surface area (Å²) in [6.07, 6.45) is 16.2. The van der Waals surface area contributed by atoms with Gasteiger partial charge in [-0.2, -0.15) is 11.8 Å². The number of halogens is 1. The fourth-order valence-electron chi connectivity index (χ4n) is 2.96. The average molecular weight is 427 g/mol. The molecule has 29 heavy (non-hydrogen) atoms. The Bertz CT molecular complexity index is 905. The molecule has 1 aliphatic carbocycles. The van der Waals surface area contributed by atoms with Gasteiger partial charge in [0.1, 0.15) is 0 Å². The van der Waals surface area contributed by atoms with E-state index in [0.29, 0.717) is 17.0 Å². The second-order valence-electron chi connectivity index (χ2n) is 6.36. The maximum absolute atomic E-state index is 12.7. The van der Waals surface area contributed by atoms with Gasteiger partial charge in [0.05, 0.1) is 10.9 Å². The Labute approximate surface area is 183 Å². The number of rotatable bonds is 6. The molecule has 0 saturated heterocycles. The summed E-state index contributed by atoms with van der Waals surface area (Å²) < 4.78 is 0. The van der Waals surface area contributed by atoms with Crippen molar-refractivity contribution in [1.82, 2.24) is 5.32 Å². The summed E-state index contributed by atoms with van der Waals surface area (Å²) in [5.74, 6) is -0.156. The minimum Gasteiger partial charge on any atom is -0.325 e. The van der Waals surface area contributed by atoms with E-state index in [-0.39, 0.29) is 11.2 Å². The molecule has 2 rings (SSSR count). The molecule has 1 amide bonds. The molecule has 1 aromatic carbocycles. The zero-order valence-electron chi connectivity index (χ0n) is 17.3. The highest BCUT2D eigenvalue weighted by Gasteiger charge is 2.17. The molecule has 3 nitrogen and oxygen atoms in total. The van der Waals surface area contributed by atoms with Gasteiger partial charge in [-0.3, -0.25) is 9.79 Å². The topological polar surface area (TPSA) is 41.5 Å². The van der Waals surface area contributed by atoms with Crippen molar-refractivity contribution in [2.45, 2.75) is 32.4 Å². The van der Waals surface area contributed by atoms with Crippen LogP contribution in [0, 0.1) is 0 Å². The van der Waals surface area contributed by atoms with Crippen molar-refractivity contribution in [1.29, 1.82) is 0 Å². The zero-order chi connectivity index (χ0) is 21.2. The van der Waals surface area contributed by atoms with E-state index in [0.717, 1.165) is 22.5 Å². The van der Waals surface area contributed by atoms with Gasteiger partial charge in [0, 0.05) is 28.9 Å². The second-order valence-corrected chi connectivity index (χ2v) is 7.80. The fourth-order valence-corrected chi connectivity index (χ4v) is 4.01. The van der Waals surface area contributed by atoms with Crippen molar-refractivity contribution in [3.8, 4) is 0 Å². The molecule has 0 radical (unpaired) electrons. The third-order valence-electron chi connectivity index (χ3n) is 4.41. The van der Waals surface area contributed by atoms with Gasteiger partial charge in [-0.05, 0) is 56.4 Å². The van der Waals surface area contributed by atoms with E-state index in [1.54, 1.807) is 18.0 Å².